The Labute approximate surface area is 204 Å². The van der Waals surface area contributed by atoms with E-state index in [4.69, 9.17) is 21.8 Å². The van der Waals surface area contributed by atoms with Crippen molar-refractivity contribution in [2.24, 2.45) is 5.41 Å². The molecule has 4 heterocycles. The van der Waals surface area contributed by atoms with Gasteiger partial charge in [-0.15, -0.1) is 10.2 Å². The lowest BCUT2D eigenvalue weighted by atomic mass is 9.57. The van der Waals surface area contributed by atoms with Crippen molar-refractivity contribution in [3.8, 4) is 5.69 Å². The first-order valence-corrected chi connectivity index (χ1v) is 12.7. The Kier molecular flexibility index (Phi) is 4.44. The quantitative estimate of drug-likeness (QED) is 0.692. The fraction of sp³-hybridized carbons (Fsp3) is 0.538. The molecule has 6 nitrogen and oxygen atoms in total. The fourth-order valence-corrected chi connectivity index (χ4v) is 6.66. The van der Waals surface area contributed by atoms with Crippen LogP contribution in [-0.4, -0.2) is 49.4 Å². The lowest BCUT2D eigenvalue weighted by Crippen LogP contribution is -2.66. The maximum absolute atomic E-state index is 13.6. The maximum atomic E-state index is 13.6. The zero-order chi connectivity index (χ0) is 23.2. The van der Waals surface area contributed by atoms with E-state index in [0.717, 1.165) is 55.7 Å². The van der Waals surface area contributed by atoms with Crippen LogP contribution in [0.3, 0.4) is 0 Å². The molecular weight excluding hydrogens is 451 g/mol. The number of likely N-dealkylation sites (tertiary alicyclic amines) is 1. The summed E-state index contributed by atoms with van der Waals surface area (Å²) in [7, 11) is 0. The number of nitrogens with zero attached hydrogens (tertiary/aromatic N) is 5. The third-order valence-electron chi connectivity index (χ3n) is 8.81. The molecule has 178 valence electrons. The Morgan fingerprint density at radius 1 is 1.15 bits per heavy atom. The molecule has 1 aromatic heterocycles. The van der Waals surface area contributed by atoms with Crippen LogP contribution >= 0.6 is 11.6 Å². The van der Waals surface area contributed by atoms with Crippen LogP contribution in [0, 0.1) is 5.41 Å². The molecule has 5 aliphatic rings. The Morgan fingerprint density at radius 3 is 2.68 bits per heavy atom. The predicted octanol–water partition coefficient (Wildman–Crippen LogP) is 4.65. The van der Waals surface area contributed by atoms with Gasteiger partial charge in [0.2, 0.25) is 0 Å². The molecule has 2 saturated carbocycles. The number of aromatic nitrogens is 3. The molecule has 1 spiro atoms. The summed E-state index contributed by atoms with van der Waals surface area (Å²) >= 11 is 6.41. The van der Waals surface area contributed by atoms with E-state index in [9.17, 15) is 4.39 Å². The number of benzene rings is 1. The van der Waals surface area contributed by atoms with Gasteiger partial charge in [0, 0.05) is 41.8 Å². The van der Waals surface area contributed by atoms with Crippen LogP contribution in [0.2, 0.25) is 5.02 Å². The number of dihydropyridines is 1. The van der Waals surface area contributed by atoms with Crippen molar-refractivity contribution in [1.29, 1.82) is 0 Å². The highest BCUT2D eigenvalue weighted by Gasteiger charge is 2.55. The summed E-state index contributed by atoms with van der Waals surface area (Å²) in [4.78, 5) is 4.95. The van der Waals surface area contributed by atoms with Crippen LogP contribution in [0.4, 0.5) is 4.39 Å². The molecule has 34 heavy (non-hydrogen) atoms. The normalized spacial score (nSPS) is 27.5. The molecular formula is C26H30ClFN6. The first-order valence-electron chi connectivity index (χ1n) is 12.4. The van der Waals surface area contributed by atoms with Gasteiger partial charge in [0.25, 0.3) is 0 Å². The van der Waals surface area contributed by atoms with Crippen molar-refractivity contribution in [3.63, 3.8) is 0 Å². The third kappa shape index (κ3) is 3.20. The second-order valence-corrected chi connectivity index (χ2v) is 11.8. The van der Waals surface area contributed by atoms with Crippen LogP contribution in [0.1, 0.15) is 62.7 Å². The van der Waals surface area contributed by atoms with Crippen molar-refractivity contribution < 1.29 is 4.39 Å². The molecule has 8 heteroatoms. The van der Waals surface area contributed by atoms with E-state index in [2.05, 4.69) is 38.7 Å². The summed E-state index contributed by atoms with van der Waals surface area (Å²) in [6.07, 6.45) is 8.34. The molecule has 1 aromatic carbocycles. The van der Waals surface area contributed by atoms with E-state index in [-0.39, 0.29) is 17.5 Å². The molecule has 2 aliphatic carbocycles. The molecule has 7 rings (SSSR count). The third-order valence-corrected chi connectivity index (χ3v) is 9.05. The maximum Gasteiger partial charge on any atom is 0.151 e. The number of allylic oxidation sites excluding steroid dienone is 3. The lowest BCUT2D eigenvalue weighted by molar-refractivity contribution is -0.0918. The number of hydrogen-bond donors (Lipinski definition) is 1. The summed E-state index contributed by atoms with van der Waals surface area (Å²) in [6, 6.07) is 6.24. The lowest BCUT2D eigenvalue weighted by Gasteiger charge is -2.60. The summed E-state index contributed by atoms with van der Waals surface area (Å²) in [5, 5.41) is 13.5. The Hall–Kier alpha value is -2.22. The smallest absolute Gasteiger partial charge is 0.151 e. The standard InChI is InChI=1S/C26H30ClFN6/c1-16-20(28)4-6-22(29-16)32-14-26(15-32)10-18(11-26)24-31-30-23-13-33(25(2)7-8-25)12-17-9-19(27)3-5-21(17)34(23)24/h3-6,9,18,22,29H,7-8,10-15H2,1-2H3. The van der Waals surface area contributed by atoms with Gasteiger partial charge in [-0.1, -0.05) is 11.6 Å². The summed E-state index contributed by atoms with van der Waals surface area (Å²) in [5.74, 6) is 2.39. The van der Waals surface area contributed by atoms with Crippen molar-refractivity contribution >= 4 is 11.6 Å². The zero-order valence-electron chi connectivity index (χ0n) is 19.7. The molecule has 1 N–H and O–H groups in total. The van der Waals surface area contributed by atoms with Crippen LogP contribution in [0.25, 0.3) is 5.69 Å². The molecule has 0 amide bonds. The Balaban J connectivity index is 1.11. The first kappa shape index (κ1) is 21.1. The van der Waals surface area contributed by atoms with Gasteiger partial charge < -0.3 is 5.32 Å². The summed E-state index contributed by atoms with van der Waals surface area (Å²) < 4.78 is 16.0. The second kappa shape index (κ2) is 7.15. The highest BCUT2D eigenvalue weighted by Crippen LogP contribution is 2.56. The summed E-state index contributed by atoms with van der Waals surface area (Å²) in [5.41, 5.74) is 3.67. The first-order chi connectivity index (χ1) is 16.3. The SMILES string of the molecule is CC1=C(F)C=CC(N2CC3(CC(c4nnc5n4-c4ccc(Cl)cc4CN(C4(C)CC4)C5)C3)C2)N1. The molecule has 2 aromatic rings. The van der Waals surface area contributed by atoms with E-state index < -0.39 is 0 Å². The van der Waals surface area contributed by atoms with Crippen LogP contribution < -0.4 is 5.32 Å². The van der Waals surface area contributed by atoms with E-state index in [0.29, 0.717) is 17.0 Å². The highest BCUT2D eigenvalue weighted by molar-refractivity contribution is 6.30. The minimum Gasteiger partial charge on any atom is -0.368 e. The molecule has 3 aliphatic heterocycles. The molecule has 1 atom stereocenters. The number of rotatable bonds is 3. The second-order valence-electron chi connectivity index (χ2n) is 11.4. The van der Waals surface area contributed by atoms with Gasteiger partial charge in [0.15, 0.2) is 5.82 Å². The van der Waals surface area contributed by atoms with Crippen molar-refractivity contribution in [1.82, 2.24) is 29.9 Å². The summed E-state index contributed by atoms with van der Waals surface area (Å²) in [6.45, 7) is 7.96. The van der Waals surface area contributed by atoms with Crippen LogP contribution in [0.15, 0.2) is 41.9 Å². The highest BCUT2D eigenvalue weighted by atomic mass is 35.5. The van der Waals surface area contributed by atoms with Gasteiger partial charge in [0.05, 0.1) is 18.4 Å². The van der Waals surface area contributed by atoms with Gasteiger partial charge in [-0.25, -0.2) is 4.39 Å². The van der Waals surface area contributed by atoms with Crippen molar-refractivity contribution in [2.75, 3.05) is 13.1 Å². The molecule has 1 unspecified atom stereocenters. The largest absolute Gasteiger partial charge is 0.368 e. The van der Waals surface area contributed by atoms with Crippen LogP contribution in [0.5, 0.6) is 0 Å². The average Bonchev–Trinajstić information content (AvgIpc) is 3.42. The topological polar surface area (TPSA) is 49.2 Å². The fourth-order valence-electron chi connectivity index (χ4n) is 6.46. The van der Waals surface area contributed by atoms with Crippen LogP contribution in [-0.2, 0) is 13.1 Å². The Morgan fingerprint density at radius 2 is 1.94 bits per heavy atom. The predicted molar refractivity (Wildman–Crippen MR) is 129 cm³/mol. The van der Waals surface area contributed by atoms with Crippen molar-refractivity contribution in [2.45, 2.75) is 70.2 Å². The molecule has 3 fully saturated rings. The number of halogens is 2. The van der Waals surface area contributed by atoms with E-state index in [1.165, 1.54) is 24.1 Å². The monoisotopic (exact) mass is 480 g/mol. The minimum absolute atomic E-state index is 0.0972. The number of nitrogens with one attached hydrogen (secondary N) is 1. The van der Waals surface area contributed by atoms with Gasteiger partial charge >= 0.3 is 0 Å². The number of fused-ring (bicyclic) bond motifs is 3. The van der Waals surface area contributed by atoms with Crippen molar-refractivity contribution in [3.05, 3.63) is 64.1 Å². The van der Waals surface area contributed by atoms with E-state index >= 15 is 0 Å². The van der Waals surface area contributed by atoms with Gasteiger partial charge in [-0.2, -0.15) is 0 Å². The molecule has 0 bridgehead atoms. The molecule has 1 saturated heterocycles. The number of hydrogen-bond acceptors (Lipinski definition) is 5. The molecule has 0 radical (unpaired) electrons. The minimum atomic E-state index is -0.168. The Bertz CT molecular complexity index is 1230. The van der Waals surface area contributed by atoms with Gasteiger partial charge in [0.1, 0.15) is 11.7 Å². The van der Waals surface area contributed by atoms with E-state index in [1.807, 2.05) is 12.1 Å². The van der Waals surface area contributed by atoms with Gasteiger partial charge in [-0.05, 0) is 80.9 Å². The van der Waals surface area contributed by atoms with E-state index in [1.54, 1.807) is 13.0 Å². The average molecular weight is 481 g/mol. The van der Waals surface area contributed by atoms with Gasteiger partial charge in [-0.3, -0.25) is 14.4 Å². The zero-order valence-corrected chi connectivity index (χ0v) is 20.4.